The van der Waals surface area contributed by atoms with Crippen molar-refractivity contribution in [3.05, 3.63) is 22.1 Å². The molecule has 4 N–H and O–H groups in total. The van der Waals surface area contributed by atoms with E-state index in [0.29, 0.717) is 5.92 Å². The summed E-state index contributed by atoms with van der Waals surface area (Å²) in [6.45, 7) is 2.90. The van der Waals surface area contributed by atoms with Gasteiger partial charge in [0.1, 0.15) is 5.82 Å². The zero-order chi connectivity index (χ0) is 13.2. The monoisotopic (exact) mass is 324 g/mol. The minimum absolute atomic E-state index is 0.101. The molecule has 1 aliphatic carbocycles. The minimum Gasteiger partial charge on any atom is -0.337 e. The van der Waals surface area contributed by atoms with E-state index < -0.39 is 0 Å². The molecule has 1 saturated carbocycles. The predicted octanol–water partition coefficient (Wildman–Crippen LogP) is 1.83. The lowest BCUT2D eigenvalue weighted by atomic mass is 10.3. The number of aromatic amines is 1. The second kappa shape index (κ2) is 5.34. The van der Waals surface area contributed by atoms with Crippen LogP contribution in [0.15, 0.2) is 21.4 Å². The van der Waals surface area contributed by atoms with Crippen molar-refractivity contribution >= 4 is 28.0 Å². The van der Waals surface area contributed by atoms with Gasteiger partial charge in [0.25, 0.3) is 0 Å². The molecule has 2 aliphatic rings. The van der Waals surface area contributed by atoms with Crippen LogP contribution in [0.3, 0.4) is 0 Å². The molecule has 1 fully saturated rings. The Kier molecular flexibility index (Phi) is 3.56. The van der Waals surface area contributed by atoms with Gasteiger partial charge in [0.15, 0.2) is 12.1 Å². The van der Waals surface area contributed by atoms with Gasteiger partial charge < -0.3 is 10.6 Å². The molecule has 1 aromatic rings. The molecule has 0 bridgehead atoms. The highest BCUT2D eigenvalue weighted by molar-refractivity contribution is 9.12. The summed E-state index contributed by atoms with van der Waals surface area (Å²) in [6, 6.07) is 2.07. The van der Waals surface area contributed by atoms with Crippen LogP contribution in [0.1, 0.15) is 31.4 Å². The second-order valence-electron chi connectivity index (χ2n) is 4.71. The maximum absolute atomic E-state index is 4.32. The van der Waals surface area contributed by atoms with E-state index in [0.717, 1.165) is 22.7 Å². The molecule has 0 spiro atoms. The van der Waals surface area contributed by atoms with Crippen LogP contribution in [-0.2, 0) is 0 Å². The normalized spacial score (nSPS) is 22.5. The van der Waals surface area contributed by atoms with Crippen LogP contribution in [0, 0.1) is 0 Å². The quantitative estimate of drug-likeness (QED) is 0.666. The highest BCUT2D eigenvalue weighted by Crippen LogP contribution is 2.39. The number of allylic oxidation sites excluding steroid dienone is 1. The van der Waals surface area contributed by atoms with Crippen molar-refractivity contribution in [2.75, 3.05) is 11.9 Å². The second-order valence-corrected chi connectivity index (χ2v) is 5.57. The third-order valence-corrected chi connectivity index (χ3v) is 3.72. The number of halogens is 1. The van der Waals surface area contributed by atoms with Crippen LogP contribution < -0.4 is 16.0 Å². The number of H-pyrrole nitrogens is 1. The van der Waals surface area contributed by atoms with E-state index in [1.54, 1.807) is 6.21 Å². The Bertz CT molecular complexity index is 516. The first-order valence-electron chi connectivity index (χ1n) is 6.51. The average molecular weight is 325 g/mol. The highest BCUT2D eigenvalue weighted by Gasteiger charge is 2.25. The molecule has 0 amide bonds. The Hall–Kier alpha value is -1.34. The van der Waals surface area contributed by atoms with E-state index in [9.17, 15) is 0 Å². The summed E-state index contributed by atoms with van der Waals surface area (Å²) >= 11 is 3.48. The summed E-state index contributed by atoms with van der Waals surface area (Å²) in [5.41, 5.74) is 1.21. The van der Waals surface area contributed by atoms with Crippen molar-refractivity contribution in [1.82, 2.24) is 20.8 Å². The number of nitrogens with zero attached hydrogens (tertiary/aromatic N) is 2. The Balaban J connectivity index is 1.68. The first-order chi connectivity index (χ1) is 9.26. The van der Waals surface area contributed by atoms with Crippen LogP contribution in [0.25, 0.3) is 0 Å². The Morgan fingerprint density at radius 1 is 1.47 bits per heavy atom. The van der Waals surface area contributed by atoms with Gasteiger partial charge in [-0.25, -0.2) is 0 Å². The zero-order valence-corrected chi connectivity index (χ0v) is 12.3. The van der Waals surface area contributed by atoms with Gasteiger partial charge in [-0.05, 0) is 35.3 Å². The summed E-state index contributed by atoms with van der Waals surface area (Å²) in [5, 5.41) is 17.1. The van der Waals surface area contributed by atoms with Crippen LogP contribution in [-0.4, -0.2) is 29.2 Å². The fourth-order valence-corrected chi connectivity index (χ4v) is 2.30. The van der Waals surface area contributed by atoms with Crippen molar-refractivity contribution in [3.8, 4) is 0 Å². The molecule has 1 aromatic heterocycles. The van der Waals surface area contributed by atoms with E-state index in [4.69, 9.17) is 0 Å². The van der Waals surface area contributed by atoms with E-state index in [2.05, 4.69) is 53.1 Å². The molecular formula is C12H17BrN6. The van der Waals surface area contributed by atoms with Gasteiger partial charge >= 0.3 is 0 Å². The van der Waals surface area contributed by atoms with Gasteiger partial charge in [-0.1, -0.05) is 6.92 Å². The number of hydrogen-bond donors (Lipinski definition) is 4. The van der Waals surface area contributed by atoms with Crippen LogP contribution in [0.2, 0.25) is 0 Å². The largest absolute Gasteiger partial charge is 0.337 e. The number of hydrogen-bond acceptors (Lipinski definition) is 5. The molecule has 102 valence electrons. The first-order valence-corrected chi connectivity index (χ1v) is 7.30. The van der Waals surface area contributed by atoms with E-state index >= 15 is 0 Å². The topological polar surface area (TPSA) is 77.1 Å². The number of aliphatic imine (C=N–C) groups is 1. The number of nitrogens with one attached hydrogen (secondary N) is 4. The molecule has 3 rings (SSSR count). The summed E-state index contributed by atoms with van der Waals surface area (Å²) < 4.78 is 0.887. The highest BCUT2D eigenvalue weighted by atomic mass is 79.9. The number of aromatic nitrogens is 2. The summed E-state index contributed by atoms with van der Waals surface area (Å²) in [4.78, 5) is 4.32. The maximum Gasteiger partial charge on any atom is 0.174 e. The fourth-order valence-electron chi connectivity index (χ4n) is 1.97. The smallest absolute Gasteiger partial charge is 0.174 e. The van der Waals surface area contributed by atoms with Gasteiger partial charge in [-0.15, -0.1) is 0 Å². The molecular weight excluding hydrogens is 308 g/mol. The minimum atomic E-state index is -0.101. The van der Waals surface area contributed by atoms with Crippen molar-refractivity contribution in [3.63, 3.8) is 0 Å². The van der Waals surface area contributed by atoms with Gasteiger partial charge in [-0.3, -0.25) is 15.4 Å². The Morgan fingerprint density at radius 3 is 3.05 bits per heavy atom. The molecule has 0 aromatic carbocycles. The molecule has 6 nitrogen and oxygen atoms in total. The molecule has 1 atom stereocenters. The Morgan fingerprint density at radius 2 is 2.32 bits per heavy atom. The molecule has 0 saturated heterocycles. The number of anilines is 1. The Labute approximate surface area is 120 Å². The lowest BCUT2D eigenvalue weighted by molar-refractivity contribution is 0.487. The molecule has 1 aliphatic heterocycles. The van der Waals surface area contributed by atoms with E-state index in [-0.39, 0.29) is 6.29 Å². The van der Waals surface area contributed by atoms with Gasteiger partial charge in [0, 0.05) is 23.9 Å². The van der Waals surface area contributed by atoms with Crippen molar-refractivity contribution in [1.29, 1.82) is 0 Å². The molecule has 0 radical (unpaired) electrons. The van der Waals surface area contributed by atoms with Crippen LogP contribution >= 0.6 is 15.9 Å². The fraction of sp³-hybridized carbons (Fsp3) is 0.500. The van der Waals surface area contributed by atoms with Gasteiger partial charge in [0.05, 0.1) is 4.48 Å². The lowest BCUT2D eigenvalue weighted by Crippen LogP contribution is -2.44. The molecule has 2 heterocycles. The standard InChI is InChI=1S/C12H17BrN6/c1-2-14-12-15-6-8(13)11(17-12)16-10-5-9(18-19-10)7-3-4-7/h5-7,12,14,17H,2-4H2,1H3,(H2,16,18,19). The SMILES string of the molecule is CCNC1N=CC(Br)=C(Nc2cc(C3CC3)[nH]n2)N1. The zero-order valence-electron chi connectivity index (χ0n) is 10.7. The van der Waals surface area contributed by atoms with E-state index in [1.807, 2.05) is 6.92 Å². The van der Waals surface area contributed by atoms with Crippen molar-refractivity contribution < 1.29 is 0 Å². The van der Waals surface area contributed by atoms with Crippen LogP contribution in [0.4, 0.5) is 5.82 Å². The van der Waals surface area contributed by atoms with Crippen molar-refractivity contribution in [2.45, 2.75) is 32.0 Å². The first kappa shape index (κ1) is 12.7. The summed E-state index contributed by atoms with van der Waals surface area (Å²) in [7, 11) is 0. The van der Waals surface area contributed by atoms with Gasteiger partial charge in [0.2, 0.25) is 0 Å². The summed E-state index contributed by atoms with van der Waals surface area (Å²) in [5.74, 6) is 2.37. The average Bonchev–Trinajstić information content (AvgIpc) is 3.15. The molecule has 19 heavy (non-hydrogen) atoms. The predicted molar refractivity (Wildman–Crippen MR) is 79.2 cm³/mol. The third kappa shape index (κ3) is 2.98. The lowest BCUT2D eigenvalue weighted by Gasteiger charge is -2.23. The number of rotatable bonds is 5. The van der Waals surface area contributed by atoms with E-state index in [1.165, 1.54) is 18.5 Å². The summed E-state index contributed by atoms with van der Waals surface area (Å²) in [6.07, 6.45) is 4.22. The van der Waals surface area contributed by atoms with Crippen molar-refractivity contribution in [2.24, 2.45) is 4.99 Å². The maximum atomic E-state index is 4.32. The van der Waals surface area contributed by atoms with Crippen LogP contribution in [0.5, 0.6) is 0 Å². The molecule has 1 unspecified atom stereocenters. The third-order valence-electron chi connectivity index (χ3n) is 3.12. The van der Waals surface area contributed by atoms with Gasteiger partial charge in [-0.2, -0.15) is 5.10 Å². The molecule has 7 heteroatoms.